The highest BCUT2D eigenvalue weighted by Gasteiger charge is 2.22. The minimum Gasteiger partial charge on any atom is -0.358 e. The van der Waals surface area contributed by atoms with Crippen LogP contribution in [0.15, 0.2) is 58.0 Å². The van der Waals surface area contributed by atoms with E-state index >= 15 is 0 Å². The van der Waals surface area contributed by atoms with Gasteiger partial charge in [-0.25, -0.2) is 0 Å². The van der Waals surface area contributed by atoms with Gasteiger partial charge in [0.15, 0.2) is 10.9 Å². The van der Waals surface area contributed by atoms with Gasteiger partial charge in [0.25, 0.3) is 0 Å². The van der Waals surface area contributed by atoms with Crippen LogP contribution in [0.3, 0.4) is 0 Å². The van der Waals surface area contributed by atoms with Crippen LogP contribution in [0.5, 0.6) is 0 Å². The molecule has 0 fully saturated rings. The van der Waals surface area contributed by atoms with Crippen molar-refractivity contribution in [1.29, 1.82) is 0 Å². The quantitative estimate of drug-likeness (QED) is 0.495. The first-order chi connectivity index (χ1) is 13.6. The number of aromatic nitrogens is 1. The van der Waals surface area contributed by atoms with Gasteiger partial charge in [0.2, 0.25) is 0 Å². The van der Waals surface area contributed by atoms with E-state index in [1.807, 2.05) is 42.5 Å². The predicted molar refractivity (Wildman–Crippen MR) is 118 cm³/mol. The summed E-state index contributed by atoms with van der Waals surface area (Å²) in [4.78, 5) is 4.49. The van der Waals surface area contributed by atoms with Gasteiger partial charge in [-0.2, -0.15) is 0 Å². The Morgan fingerprint density at radius 3 is 2.68 bits per heavy atom. The highest BCUT2D eigenvalue weighted by Crippen LogP contribution is 2.33. The lowest BCUT2D eigenvalue weighted by molar-refractivity contribution is 0.419. The molecule has 8 heteroatoms. The fourth-order valence-electron chi connectivity index (χ4n) is 2.97. The molecular weight excluding hydrogens is 437 g/mol. The summed E-state index contributed by atoms with van der Waals surface area (Å²) in [5.41, 5.74) is 2.63. The normalized spacial score (nSPS) is 14.8. The highest BCUT2D eigenvalue weighted by molar-refractivity contribution is 8.14. The lowest BCUT2D eigenvalue weighted by Gasteiger charge is -2.20. The zero-order valence-electron chi connectivity index (χ0n) is 14.7. The van der Waals surface area contributed by atoms with Crippen LogP contribution >= 0.6 is 46.6 Å². The summed E-state index contributed by atoms with van der Waals surface area (Å²) in [6, 6.07) is 14.9. The third-order valence-corrected chi connectivity index (χ3v) is 6.33. The van der Waals surface area contributed by atoms with Gasteiger partial charge >= 0.3 is 0 Å². The molecule has 0 bridgehead atoms. The topological polar surface area (TPSA) is 50.4 Å². The molecule has 0 saturated carbocycles. The van der Waals surface area contributed by atoms with Gasteiger partial charge in [-0.15, -0.1) is 0 Å². The maximum Gasteiger partial charge on any atom is 0.167 e. The van der Waals surface area contributed by atoms with Gasteiger partial charge in [0.1, 0.15) is 0 Å². The van der Waals surface area contributed by atoms with Crippen LogP contribution in [-0.2, 0) is 6.42 Å². The Morgan fingerprint density at radius 2 is 1.93 bits per heavy atom. The Bertz CT molecular complexity index is 1000. The summed E-state index contributed by atoms with van der Waals surface area (Å²) in [5.74, 6) is 1.67. The average molecular weight is 453 g/mol. The van der Waals surface area contributed by atoms with Crippen molar-refractivity contribution in [1.82, 2.24) is 10.5 Å². The lowest BCUT2D eigenvalue weighted by atomic mass is 10.0. The van der Waals surface area contributed by atoms with Crippen molar-refractivity contribution in [2.75, 3.05) is 12.3 Å². The monoisotopic (exact) mass is 451 g/mol. The summed E-state index contributed by atoms with van der Waals surface area (Å²) < 4.78 is 5.54. The van der Waals surface area contributed by atoms with E-state index < -0.39 is 0 Å². The third-order valence-electron chi connectivity index (χ3n) is 4.34. The molecule has 2 heterocycles. The van der Waals surface area contributed by atoms with E-state index in [-0.39, 0.29) is 6.04 Å². The molecule has 144 valence electrons. The minimum absolute atomic E-state index is 0.126. The van der Waals surface area contributed by atoms with E-state index in [0.717, 1.165) is 34.3 Å². The van der Waals surface area contributed by atoms with Crippen LogP contribution in [0, 0.1) is 0 Å². The second kappa shape index (κ2) is 8.78. The number of aliphatic imine (C=N–C) groups is 1. The fraction of sp³-hybridized carbons (Fsp3) is 0.200. The minimum atomic E-state index is -0.126. The van der Waals surface area contributed by atoms with Gasteiger partial charge in [0, 0.05) is 28.8 Å². The molecular formula is C20H16Cl3N3OS. The van der Waals surface area contributed by atoms with E-state index in [4.69, 9.17) is 39.3 Å². The molecule has 1 aromatic heterocycles. The van der Waals surface area contributed by atoms with Gasteiger partial charge in [0.05, 0.1) is 28.3 Å². The Kier molecular flexibility index (Phi) is 6.16. The number of nitrogens with zero attached hydrogens (tertiary/aromatic N) is 2. The molecule has 4 nitrogen and oxygen atoms in total. The first-order valence-electron chi connectivity index (χ1n) is 8.69. The maximum absolute atomic E-state index is 6.48. The van der Waals surface area contributed by atoms with Crippen molar-refractivity contribution in [3.8, 4) is 11.3 Å². The molecule has 0 saturated heterocycles. The molecule has 4 rings (SSSR count). The van der Waals surface area contributed by atoms with E-state index in [9.17, 15) is 0 Å². The smallest absolute Gasteiger partial charge is 0.167 e. The van der Waals surface area contributed by atoms with Gasteiger partial charge in [-0.1, -0.05) is 63.9 Å². The molecule has 0 aliphatic carbocycles. The van der Waals surface area contributed by atoms with Crippen LogP contribution in [0.2, 0.25) is 15.1 Å². The molecule has 0 spiro atoms. The Labute approximate surface area is 182 Å². The number of nitrogens with one attached hydrogen (secondary N) is 1. The van der Waals surface area contributed by atoms with Gasteiger partial charge in [-0.3, -0.25) is 4.99 Å². The van der Waals surface area contributed by atoms with E-state index in [0.29, 0.717) is 27.2 Å². The van der Waals surface area contributed by atoms with Crippen molar-refractivity contribution in [2.45, 2.75) is 12.5 Å². The maximum atomic E-state index is 6.48. The number of thioether (sulfide) groups is 1. The second-order valence-electron chi connectivity index (χ2n) is 6.27. The molecule has 1 unspecified atom stereocenters. The van der Waals surface area contributed by atoms with E-state index in [1.54, 1.807) is 17.8 Å². The number of halogens is 3. The molecule has 28 heavy (non-hydrogen) atoms. The largest absolute Gasteiger partial charge is 0.358 e. The van der Waals surface area contributed by atoms with Crippen LogP contribution in [0.4, 0.5) is 0 Å². The Hall–Kier alpha value is -1.66. The first-order valence-corrected chi connectivity index (χ1v) is 10.8. The number of rotatable bonds is 5. The van der Waals surface area contributed by atoms with Crippen molar-refractivity contribution < 1.29 is 4.52 Å². The van der Waals surface area contributed by atoms with E-state index in [1.165, 1.54) is 0 Å². The van der Waals surface area contributed by atoms with Gasteiger partial charge < -0.3 is 9.84 Å². The number of benzene rings is 2. The lowest BCUT2D eigenvalue weighted by Crippen LogP contribution is -2.27. The average Bonchev–Trinajstić information content (AvgIpc) is 3.36. The Morgan fingerprint density at radius 1 is 1.11 bits per heavy atom. The summed E-state index contributed by atoms with van der Waals surface area (Å²) in [6.07, 6.45) is 0.580. The van der Waals surface area contributed by atoms with Crippen LogP contribution in [0.1, 0.15) is 17.3 Å². The fourth-order valence-corrected chi connectivity index (χ4v) is 4.32. The van der Waals surface area contributed by atoms with E-state index in [2.05, 4.69) is 15.5 Å². The van der Waals surface area contributed by atoms with Crippen molar-refractivity contribution in [2.24, 2.45) is 4.99 Å². The molecule has 1 aliphatic heterocycles. The van der Waals surface area contributed by atoms with Crippen LogP contribution < -0.4 is 5.32 Å². The molecule has 2 aromatic carbocycles. The van der Waals surface area contributed by atoms with Crippen LogP contribution in [-0.4, -0.2) is 22.6 Å². The summed E-state index contributed by atoms with van der Waals surface area (Å²) in [7, 11) is 0. The zero-order valence-corrected chi connectivity index (χ0v) is 17.7. The number of hydrogen-bond donors (Lipinski definition) is 1. The number of amidine groups is 1. The third kappa shape index (κ3) is 4.49. The van der Waals surface area contributed by atoms with Crippen molar-refractivity contribution >= 4 is 51.7 Å². The standard InChI is InChI=1S/C20H16Cl3N3OS/c21-13-6-4-12(5-7-13)18-11-14(26-27-18)10-17(25-20-24-8-9-28-20)15-2-1-3-16(22)19(15)23/h1-7,11,17H,8-10H2,(H,24,25). The van der Waals surface area contributed by atoms with Crippen molar-refractivity contribution in [3.63, 3.8) is 0 Å². The highest BCUT2D eigenvalue weighted by atomic mass is 35.5. The molecule has 0 radical (unpaired) electrons. The summed E-state index contributed by atoms with van der Waals surface area (Å²) >= 11 is 20.4. The SMILES string of the molecule is Clc1ccc(-c2cc(CC(NC3=NCCS3)c3cccc(Cl)c3Cl)no2)cc1. The predicted octanol–water partition coefficient (Wildman–Crippen LogP) is 6.28. The Balaban J connectivity index is 1.60. The van der Waals surface area contributed by atoms with Gasteiger partial charge in [-0.05, 0) is 35.9 Å². The van der Waals surface area contributed by atoms with Crippen LogP contribution in [0.25, 0.3) is 11.3 Å². The molecule has 1 atom stereocenters. The summed E-state index contributed by atoms with van der Waals surface area (Å²) in [6.45, 7) is 0.813. The number of hydrogen-bond acceptors (Lipinski definition) is 5. The molecule has 0 amide bonds. The first kappa shape index (κ1) is 19.6. The second-order valence-corrected chi connectivity index (χ2v) is 8.57. The summed E-state index contributed by atoms with van der Waals surface area (Å²) in [5, 5.41) is 10.4. The van der Waals surface area contributed by atoms with Crippen molar-refractivity contribution in [3.05, 3.63) is 74.9 Å². The zero-order chi connectivity index (χ0) is 19.5. The molecule has 3 aromatic rings. The molecule has 1 N–H and O–H groups in total. The molecule has 1 aliphatic rings.